The van der Waals surface area contributed by atoms with Crippen LogP contribution in [0.25, 0.3) is 0 Å². The maximum atomic E-state index is 12.9. The number of halogens is 1. The molecule has 1 fully saturated rings. The van der Waals surface area contributed by atoms with Crippen LogP contribution in [0.1, 0.15) is 17.3 Å². The highest BCUT2D eigenvalue weighted by molar-refractivity contribution is 5.96. The lowest BCUT2D eigenvalue weighted by molar-refractivity contribution is 0.0569. The van der Waals surface area contributed by atoms with Gasteiger partial charge in [-0.3, -0.25) is 4.79 Å². The normalized spacial score (nSPS) is 21.1. The van der Waals surface area contributed by atoms with Gasteiger partial charge in [-0.1, -0.05) is 0 Å². The van der Waals surface area contributed by atoms with Crippen molar-refractivity contribution in [3.63, 3.8) is 0 Å². The second-order valence-electron chi connectivity index (χ2n) is 4.74. The monoisotopic (exact) mass is 252 g/mol. The first-order valence-electron chi connectivity index (χ1n) is 5.97. The highest BCUT2D eigenvalue weighted by Gasteiger charge is 2.26. The van der Waals surface area contributed by atoms with Crippen LogP contribution in [0.5, 0.6) is 5.75 Å². The molecular weight excluding hydrogens is 235 g/mol. The number of benzene rings is 1. The number of carbonyl (C=O) groups is 1. The molecule has 18 heavy (non-hydrogen) atoms. The largest absolute Gasteiger partial charge is 0.507 e. The van der Waals surface area contributed by atoms with E-state index in [1.807, 2.05) is 14.0 Å². The van der Waals surface area contributed by atoms with E-state index in [-0.39, 0.29) is 23.3 Å². The Morgan fingerprint density at radius 2 is 2.17 bits per heavy atom. The molecule has 1 unspecified atom stereocenters. The minimum atomic E-state index is -0.546. The quantitative estimate of drug-likeness (QED) is 0.819. The van der Waals surface area contributed by atoms with E-state index in [1.54, 1.807) is 4.90 Å². The molecule has 1 saturated heterocycles. The van der Waals surface area contributed by atoms with Gasteiger partial charge in [0.2, 0.25) is 0 Å². The zero-order valence-corrected chi connectivity index (χ0v) is 10.6. The Kier molecular flexibility index (Phi) is 3.52. The Bertz CT molecular complexity index is 464. The highest BCUT2D eigenvalue weighted by Crippen LogP contribution is 2.21. The molecule has 0 radical (unpaired) electrons. The molecule has 1 aliphatic heterocycles. The van der Waals surface area contributed by atoms with Crippen LogP contribution in [0.3, 0.4) is 0 Å². The molecule has 1 heterocycles. The van der Waals surface area contributed by atoms with E-state index < -0.39 is 5.82 Å². The third kappa shape index (κ3) is 2.46. The van der Waals surface area contributed by atoms with Gasteiger partial charge < -0.3 is 14.9 Å². The molecule has 1 atom stereocenters. The Labute approximate surface area is 106 Å². The number of amides is 1. The molecular formula is C13H17FN2O2. The van der Waals surface area contributed by atoms with Gasteiger partial charge in [-0.05, 0) is 26.1 Å². The summed E-state index contributed by atoms with van der Waals surface area (Å²) in [5, 5.41) is 9.61. The lowest BCUT2D eigenvalue weighted by Gasteiger charge is -2.37. The number of rotatable bonds is 1. The van der Waals surface area contributed by atoms with Gasteiger partial charge in [-0.2, -0.15) is 0 Å². The van der Waals surface area contributed by atoms with Crippen molar-refractivity contribution in [2.75, 3.05) is 26.7 Å². The number of likely N-dealkylation sites (N-methyl/N-ethyl adjacent to an activating group) is 1. The van der Waals surface area contributed by atoms with Crippen LogP contribution in [0, 0.1) is 5.82 Å². The number of nitrogens with zero attached hydrogens (tertiary/aromatic N) is 2. The molecule has 4 nitrogen and oxygen atoms in total. The number of phenolic OH excluding ortho intramolecular Hbond substituents is 1. The summed E-state index contributed by atoms with van der Waals surface area (Å²) in [5.41, 5.74) is 0.160. The van der Waals surface area contributed by atoms with Gasteiger partial charge >= 0.3 is 0 Å². The number of hydrogen-bond donors (Lipinski definition) is 1. The maximum Gasteiger partial charge on any atom is 0.257 e. The van der Waals surface area contributed by atoms with Crippen molar-refractivity contribution in [1.82, 2.24) is 9.80 Å². The molecule has 1 N–H and O–H groups in total. The van der Waals surface area contributed by atoms with E-state index in [2.05, 4.69) is 4.90 Å². The van der Waals surface area contributed by atoms with Gasteiger partial charge in [0.25, 0.3) is 5.91 Å². The summed E-state index contributed by atoms with van der Waals surface area (Å²) in [7, 11) is 2.02. The van der Waals surface area contributed by atoms with Crippen LogP contribution in [0.2, 0.25) is 0 Å². The molecule has 0 aromatic heterocycles. The third-order valence-corrected chi connectivity index (χ3v) is 3.44. The average Bonchev–Trinajstić information content (AvgIpc) is 2.32. The van der Waals surface area contributed by atoms with Gasteiger partial charge in [0.15, 0.2) is 0 Å². The summed E-state index contributed by atoms with van der Waals surface area (Å²) in [6.45, 7) is 4.08. The Morgan fingerprint density at radius 1 is 1.44 bits per heavy atom. The minimum absolute atomic E-state index is 0.160. The van der Waals surface area contributed by atoms with E-state index >= 15 is 0 Å². The average molecular weight is 252 g/mol. The Morgan fingerprint density at radius 3 is 2.78 bits per heavy atom. The summed E-state index contributed by atoms with van der Waals surface area (Å²) < 4.78 is 12.9. The summed E-state index contributed by atoms with van der Waals surface area (Å²) in [5.74, 6) is -1.09. The fourth-order valence-corrected chi connectivity index (χ4v) is 2.09. The van der Waals surface area contributed by atoms with Gasteiger partial charge in [-0.15, -0.1) is 0 Å². The van der Waals surface area contributed by atoms with Crippen LogP contribution < -0.4 is 0 Å². The van der Waals surface area contributed by atoms with E-state index in [0.29, 0.717) is 13.1 Å². The van der Waals surface area contributed by atoms with Crippen LogP contribution in [0.15, 0.2) is 18.2 Å². The first-order chi connectivity index (χ1) is 8.49. The van der Waals surface area contributed by atoms with E-state index in [0.717, 1.165) is 12.6 Å². The summed E-state index contributed by atoms with van der Waals surface area (Å²) in [6.07, 6.45) is 0. The molecule has 1 aromatic rings. The van der Waals surface area contributed by atoms with Crippen molar-refractivity contribution in [1.29, 1.82) is 0 Å². The Balaban J connectivity index is 2.16. The van der Waals surface area contributed by atoms with Crippen molar-refractivity contribution < 1.29 is 14.3 Å². The maximum absolute atomic E-state index is 12.9. The number of carbonyl (C=O) groups excluding carboxylic acids is 1. The molecule has 0 spiro atoms. The number of aromatic hydroxyl groups is 1. The van der Waals surface area contributed by atoms with E-state index in [9.17, 15) is 14.3 Å². The molecule has 0 saturated carbocycles. The predicted octanol–water partition coefficient (Wildman–Crippen LogP) is 1.31. The van der Waals surface area contributed by atoms with Crippen molar-refractivity contribution in [3.8, 4) is 5.75 Å². The lowest BCUT2D eigenvalue weighted by Crippen LogP contribution is -2.52. The summed E-state index contributed by atoms with van der Waals surface area (Å²) >= 11 is 0. The minimum Gasteiger partial charge on any atom is -0.507 e. The molecule has 2 rings (SSSR count). The number of piperazine rings is 1. The SMILES string of the molecule is CC1CN(C(=O)c2ccc(F)cc2O)CCN1C. The molecule has 98 valence electrons. The lowest BCUT2D eigenvalue weighted by atomic mass is 10.1. The Hall–Kier alpha value is -1.62. The summed E-state index contributed by atoms with van der Waals surface area (Å²) in [6, 6.07) is 3.76. The zero-order valence-electron chi connectivity index (χ0n) is 10.6. The number of phenols is 1. The standard InChI is InChI=1S/C13H17FN2O2/c1-9-8-16(6-5-15(9)2)13(18)11-4-3-10(14)7-12(11)17/h3-4,7,9,17H,5-6,8H2,1-2H3. The van der Waals surface area contributed by atoms with Gasteiger partial charge in [-0.25, -0.2) is 4.39 Å². The fourth-order valence-electron chi connectivity index (χ4n) is 2.09. The molecule has 0 aliphatic carbocycles. The van der Waals surface area contributed by atoms with Gasteiger partial charge in [0.05, 0.1) is 5.56 Å². The van der Waals surface area contributed by atoms with Gasteiger partial charge in [0.1, 0.15) is 11.6 Å². The van der Waals surface area contributed by atoms with Crippen molar-refractivity contribution in [3.05, 3.63) is 29.6 Å². The van der Waals surface area contributed by atoms with Crippen LogP contribution in [-0.2, 0) is 0 Å². The van der Waals surface area contributed by atoms with Crippen molar-refractivity contribution in [2.24, 2.45) is 0 Å². The first-order valence-corrected chi connectivity index (χ1v) is 5.97. The van der Waals surface area contributed by atoms with E-state index in [1.165, 1.54) is 12.1 Å². The summed E-state index contributed by atoms with van der Waals surface area (Å²) in [4.78, 5) is 16.1. The molecule has 1 amide bonds. The van der Waals surface area contributed by atoms with Crippen LogP contribution in [0.4, 0.5) is 4.39 Å². The topological polar surface area (TPSA) is 43.8 Å². The second kappa shape index (κ2) is 4.94. The smallest absolute Gasteiger partial charge is 0.257 e. The fraction of sp³-hybridized carbons (Fsp3) is 0.462. The highest BCUT2D eigenvalue weighted by atomic mass is 19.1. The van der Waals surface area contributed by atoms with E-state index in [4.69, 9.17) is 0 Å². The van der Waals surface area contributed by atoms with Crippen molar-refractivity contribution >= 4 is 5.91 Å². The van der Waals surface area contributed by atoms with Crippen LogP contribution in [-0.4, -0.2) is 53.5 Å². The number of hydrogen-bond acceptors (Lipinski definition) is 3. The second-order valence-corrected chi connectivity index (χ2v) is 4.74. The molecule has 0 bridgehead atoms. The molecule has 5 heteroatoms. The predicted molar refractivity (Wildman–Crippen MR) is 66.1 cm³/mol. The first kappa shape index (κ1) is 12.8. The molecule has 1 aliphatic rings. The zero-order chi connectivity index (χ0) is 13.3. The van der Waals surface area contributed by atoms with Crippen molar-refractivity contribution in [2.45, 2.75) is 13.0 Å². The third-order valence-electron chi connectivity index (χ3n) is 3.44. The van der Waals surface area contributed by atoms with Gasteiger partial charge in [0, 0.05) is 31.7 Å². The molecule has 1 aromatic carbocycles. The van der Waals surface area contributed by atoms with Crippen LogP contribution >= 0.6 is 0 Å².